The second-order valence-corrected chi connectivity index (χ2v) is 11.1. The molecule has 1 N–H and O–H groups in total. The molecule has 9 heteroatoms. The highest BCUT2D eigenvalue weighted by Crippen LogP contribution is 2.54. The number of ether oxygens (including phenoxy) is 1. The van der Waals surface area contributed by atoms with Crippen LogP contribution in [0.15, 0.2) is 59.1 Å². The van der Waals surface area contributed by atoms with Gasteiger partial charge in [0.05, 0.1) is 12.9 Å². The van der Waals surface area contributed by atoms with Crippen molar-refractivity contribution in [3.05, 3.63) is 82.0 Å². The van der Waals surface area contributed by atoms with Crippen molar-refractivity contribution in [2.75, 3.05) is 18.2 Å². The van der Waals surface area contributed by atoms with Gasteiger partial charge < -0.3 is 14.6 Å². The lowest BCUT2D eigenvalue weighted by molar-refractivity contribution is -0.113. The average molecular weight is 533 g/mol. The zero-order valence-corrected chi connectivity index (χ0v) is 22.8. The van der Waals surface area contributed by atoms with Gasteiger partial charge in [-0.2, -0.15) is 0 Å². The molecule has 2 unspecified atom stereocenters. The Morgan fingerprint density at radius 1 is 1.11 bits per heavy atom. The number of hydrogen-bond donors (Lipinski definition) is 1. The van der Waals surface area contributed by atoms with Gasteiger partial charge in [-0.3, -0.25) is 4.79 Å². The van der Waals surface area contributed by atoms with Gasteiger partial charge in [0.2, 0.25) is 5.91 Å². The number of benzene rings is 2. The number of nitrogens with zero attached hydrogens (tertiary/aromatic N) is 3. The lowest BCUT2D eigenvalue weighted by Crippen LogP contribution is -2.16. The lowest BCUT2D eigenvalue weighted by Gasteiger charge is -2.10. The monoisotopic (exact) mass is 532 g/mol. The molecule has 0 spiro atoms. The third-order valence-corrected chi connectivity index (χ3v) is 8.58. The van der Waals surface area contributed by atoms with Crippen molar-refractivity contribution in [3.8, 4) is 11.1 Å². The first-order valence-electron chi connectivity index (χ1n) is 12.0. The Bertz CT molecular complexity index is 1460. The van der Waals surface area contributed by atoms with Crippen molar-refractivity contribution >= 4 is 40.0 Å². The number of aromatic nitrogens is 3. The number of methoxy groups -OCH3 is 1. The van der Waals surface area contributed by atoms with E-state index in [2.05, 4.69) is 39.8 Å². The van der Waals surface area contributed by atoms with Crippen molar-refractivity contribution in [1.82, 2.24) is 14.8 Å². The molecule has 0 radical (unpaired) electrons. The SMILES string of the molecule is COC(=O)c1c(-c2cc(C)ccc2C)csc1NC(=O)CSc1nnc(C2CC2c2ccccc2)n1C. The molecule has 0 aliphatic heterocycles. The van der Waals surface area contributed by atoms with Gasteiger partial charge in [0, 0.05) is 23.9 Å². The van der Waals surface area contributed by atoms with E-state index < -0.39 is 5.97 Å². The van der Waals surface area contributed by atoms with Crippen LogP contribution in [0.5, 0.6) is 0 Å². The number of thiophene rings is 1. The van der Waals surface area contributed by atoms with Crippen LogP contribution in [0.1, 0.15) is 51.1 Å². The highest BCUT2D eigenvalue weighted by Gasteiger charge is 2.43. The zero-order valence-electron chi connectivity index (χ0n) is 21.1. The highest BCUT2D eigenvalue weighted by atomic mass is 32.2. The van der Waals surface area contributed by atoms with E-state index in [9.17, 15) is 9.59 Å². The summed E-state index contributed by atoms with van der Waals surface area (Å²) in [5.74, 6) is 1.21. The normalized spacial score (nSPS) is 16.4. The van der Waals surface area contributed by atoms with Crippen LogP contribution < -0.4 is 5.32 Å². The molecule has 1 aliphatic rings. The van der Waals surface area contributed by atoms with Gasteiger partial charge in [-0.25, -0.2) is 4.79 Å². The molecule has 2 aromatic carbocycles. The van der Waals surface area contributed by atoms with Crippen molar-refractivity contribution in [3.63, 3.8) is 0 Å². The molecule has 1 aliphatic carbocycles. The molecule has 2 aromatic heterocycles. The summed E-state index contributed by atoms with van der Waals surface area (Å²) in [5.41, 5.74) is 5.55. The van der Waals surface area contributed by atoms with Crippen LogP contribution >= 0.6 is 23.1 Å². The van der Waals surface area contributed by atoms with E-state index >= 15 is 0 Å². The molecule has 37 heavy (non-hydrogen) atoms. The summed E-state index contributed by atoms with van der Waals surface area (Å²) in [6.45, 7) is 4.01. The number of hydrogen-bond acceptors (Lipinski definition) is 7. The quantitative estimate of drug-likeness (QED) is 0.223. The molecule has 1 fully saturated rings. The fraction of sp³-hybridized carbons (Fsp3) is 0.286. The van der Waals surface area contributed by atoms with E-state index in [4.69, 9.17) is 4.74 Å². The number of anilines is 1. The van der Waals surface area contributed by atoms with E-state index in [0.717, 1.165) is 34.5 Å². The van der Waals surface area contributed by atoms with E-state index in [-0.39, 0.29) is 11.7 Å². The molecule has 1 amide bonds. The second kappa shape index (κ2) is 10.5. The van der Waals surface area contributed by atoms with Crippen LogP contribution in [0.2, 0.25) is 0 Å². The van der Waals surface area contributed by atoms with Crippen LogP contribution in [0.25, 0.3) is 11.1 Å². The van der Waals surface area contributed by atoms with Gasteiger partial charge in [0.15, 0.2) is 5.16 Å². The summed E-state index contributed by atoms with van der Waals surface area (Å²) < 4.78 is 7.04. The average Bonchev–Trinajstić information content (AvgIpc) is 3.46. The minimum atomic E-state index is -0.476. The maximum Gasteiger partial charge on any atom is 0.341 e. The molecule has 0 bridgehead atoms. The standard InChI is InChI=1S/C28H28N4O3S2/c1-16-10-11-17(2)19(12-16)22-14-36-26(24(22)27(34)35-4)29-23(33)15-37-28-31-30-25(32(28)3)21-13-20(21)18-8-6-5-7-9-18/h5-12,14,20-21H,13,15H2,1-4H3,(H,29,33). The largest absolute Gasteiger partial charge is 0.465 e. The molecule has 0 saturated heterocycles. The number of carbonyl (C=O) groups excluding carboxylic acids is 2. The number of aryl methyl sites for hydroxylation is 2. The Balaban J connectivity index is 1.27. The van der Waals surface area contributed by atoms with Crippen molar-refractivity contribution in [2.24, 2.45) is 7.05 Å². The zero-order chi connectivity index (χ0) is 26.1. The Morgan fingerprint density at radius 3 is 2.65 bits per heavy atom. The van der Waals surface area contributed by atoms with E-state index in [0.29, 0.717) is 27.6 Å². The predicted octanol–water partition coefficient (Wildman–Crippen LogP) is 5.95. The minimum absolute atomic E-state index is 0.149. The van der Waals surface area contributed by atoms with Gasteiger partial charge in [-0.05, 0) is 42.9 Å². The molecular weight excluding hydrogens is 504 g/mol. The van der Waals surface area contributed by atoms with E-state index in [1.165, 1.54) is 35.8 Å². The van der Waals surface area contributed by atoms with Crippen molar-refractivity contribution in [1.29, 1.82) is 0 Å². The van der Waals surface area contributed by atoms with E-state index in [1.807, 2.05) is 55.1 Å². The van der Waals surface area contributed by atoms with Crippen LogP contribution in [0, 0.1) is 13.8 Å². The first-order chi connectivity index (χ1) is 17.9. The number of carbonyl (C=O) groups is 2. The Morgan fingerprint density at radius 2 is 1.89 bits per heavy atom. The Kier molecular flexibility index (Phi) is 7.17. The molecule has 5 rings (SSSR count). The predicted molar refractivity (Wildman–Crippen MR) is 147 cm³/mol. The van der Waals surface area contributed by atoms with Crippen molar-refractivity contribution in [2.45, 2.75) is 37.3 Å². The fourth-order valence-electron chi connectivity index (χ4n) is 4.60. The number of thioether (sulfide) groups is 1. The summed E-state index contributed by atoms with van der Waals surface area (Å²) in [4.78, 5) is 25.6. The highest BCUT2D eigenvalue weighted by molar-refractivity contribution is 7.99. The van der Waals surface area contributed by atoms with Gasteiger partial charge in [0.25, 0.3) is 0 Å². The van der Waals surface area contributed by atoms with Gasteiger partial charge >= 0.3 is 5.97 Å². The van der Waals surface area contributed by atoms with Crippen LogP contribution in [0.3, 0.4) is 0 Å². The lowest BCUT2D eigenvalue weighted by atomic mass is 9.97. The summed E-state index contributed by atoms with van der Waals surface area (Å²) in [5, 5.41) is 14.7. The van der Waals surface area contributed by atoms with Gasteiger partial charge in [-0.1, -0.05) is 65.9 Å². The maximum atomic E-state index is 12.9. The fourth-order valence-corrected chi connectivity index (χ4v) is 6.28. The van der Waals surface area contributed by atoms with Crippen LogP contribution in [0.4, 0.5) is 5.00 Å². The van der Waals surface area contributed by atoms with Crippen LogP contribution in [-0.2, 0) is 16.6 Å². The second-order valence-electron chi connectivity index (χ2n) is 9.26. The van der Waals surface area contributed by atoms with Crippen molar-refractivity contribution < 1.29 is 14.3 Å². The minimum Gasteiger partial charge on any atom is -0.465 e. The summed E-state index contributed by atoms with van der Waals surface area (Å²) in [7, 11) is 3.29. The molecular formula is C28H28N4O3S2. The first-order valence-corrected chi connectivity index (χ1v) is 13.9. The van der Waals surface area contributed by atoms with Gasteiger partial charge in [0.1, 0.15) is 16.4 Å². The number of nitrogens with one attached hydrogen (secondary N) is 1. The molecule has 7 nitrogen and oxygen atoms in total. The maximum absolute atomic E-state index is 12.9. The smallest absolute Gasteiger partial charge is 0.341 e. The summed E-state index contributed by atoms with van der Waals surface area (Å²) >= 11 is 2.65. The molecule has 2 atom stereocenters. The first kappa shape index (κ1) is 25.2. The number of amides is 1. The topological polar surface area (TPSA) is 86.1 Å². The van der Waals surface area contributed by atoms with Crippen LogP contribution in [-0.4, -0.2) is 39.5 Å². The molecule has 190 valence electrons. The van der Waals surface area contributed by atoms with Gasteiger partial charge in [-0.15, -0.1) is 21.5 Å². The molecule has 1 saturated carbocycles. The summed E-state index contributed by atoms with van der Waals surface area (Å²) in [6, 6.07) is 16.6. The number of rotatable bonds is 8. The van der Waals surface area contributed by atoms with E-state index in [1.54, 1.807) is 0 Å². The Hall–Kier alpha value is -3.43. The molecule has 2 heterocycles. The third kappa shape index (κ3) is 5.19. The summed E-state index contributed by atoms with van der Waals surface area (Å²) in [6.07, 6.45) is 1.05. The third-order valence-electron chi connectivity index (χ3n) is 6.67. The molecule has 4 aromatic rings. The Labute approximate surface area is 224 Å². The number of esters is 1.